The minimum absolute atomic E-state index is 0.264. The number of benzene rings is 1. The number of rotatable bonds is 5. The molecule has 0 saturated carbocycles. The first-order valence-electron chi connectivity index (χ1n) is 7.85. The minimum atomic E-state index is -0.264. The molecular formula is C16H24Cl2N4O. The quantitative estimate of drug-likeness (QED) is 0.850. The number of nitrogens with one attached hydrogen (secondary N) is 2. The standard InChI is InChI=1S/C16H24Cl2N4O/c1-12(11-22-7-5-21(2)6-8-22)10-19-16(23)20-15-9-13(17)3-4-14(15)18/h3-4,9,12H,5-8,10-11H2,1-2H3,(H2,19,20,23)/t12-/m0/s1. The zero-order valence-corrected chi connectivity index (χ0v) is 15.1. The summed E-state index contributed by atoms with van der Waals surface area (Å²) in [7, 11) is 2.15. The monoisotopic (exact) mass is 358 g/mol. The molecule has 1 aromatic rings. The van der Waals surface area contributed by atoms with E-state index in [9.17, 15) is 4.79 Å². The van der Waals surface area contributed by atoms with Crippen LogP contribution in [-0.2, 0) is 0 Å². The third-order valence-corrected chi connectivity index (χ3v) is 4.52. The zero-order chi connectivity index (χ0) is 16.8. The van der Waals surface area contributed by atoms with Crippen molar-refractivity contribution in [2.24, 2.45) is 5.92 Å². The summed E-state index contributed by atoms with van der Waals surface area (Å²) in [5.41, 5.74) is 0.517. The number of nitrogens with zero attached hydrogens (tertiary/aromatic N) is 2. The molecule has 2 amide bonds. The van der Waals surface area contributed by atoms with Gasteiger partial charge in [0.25, 0.3) is 0 Å². The highest BCUT2D eigenvalue weighted by Crippen LogP contribution is 2.25. The maximum atomic E-state index is 12.0. The summed E-state index contributed by atoms with van der Waals surface area (Å²) in [6.45, 7) is 8.14. The molecule has 2 rings (SSSR count). The molecule has 1 fully saturated rings. The third kappa shape index (κ3) is 6.18. The Morgan fingerprint density at radius 2 is 1.96 bits per heavy atom. The van der Waals surface area contributed by atoms with Crippen molar-refractivity contribution in [1.29, 1.82) is 0 Å². The van der Waals surface area contributed by atoms with E-state index in [1.165, 1.54) is 0 Å². The minimum Gasteiger partial charge on any atom is -0.338 e. The molecule has 1 saturated heterocycles. The summed E-state index contributed by atoms with van der Waals surface area (Å²) in [5, 5.41) is 6.62. The molecule has 2 N–H and O–H groups in total. The predicted molar refractivity (Wildman–Crippen MR) is 96.6 cm³/mol. The fourth-order valence-electron chi connectivity index (χ4n) is 2.56. The van der Waals surface area contributed by atoms with Crippen molar-refractivity contribution in [3.05, 3.63) is 28.2 Å². The highest BCUT2D eigenvalue weighted by atomic mass is 35.5. The lowest BCUT2D eigenvalue weighted by molar-refractivity contribution is 0.138. The molecule has 0 spiro atoms. The number of halogens is 2. The summed E-state index contributed by atoms with van der Waals surface area (Å²) in [6.07, 6.45) is 0. The molecule has 128 valence electrons. The van der Waals surface area contributed by atoms with E-state index < -0.39 is 0 Å². The van der Waals surface area contributed by atoms with Crippen LogP contribution in [-0.4, -0.2) is 62.1 Å². The second-order valence-corrected chi connectivity index (χ2v) is 7.01. The fraction of sp³-hybridized carbons (Fsp3) is 0.562. The van der Waals surface area contributed by atoms with E-state index in [0.717, 1.165) is 32.7 Å². The Labute approximate surface area is 147 Å². The molecule has 1 atom stereocenters. The van der Waals surface area contributed by atoms with Crippen LogP contribution in [0, 0.1) is 5.92 Å². The molecule has 0 aliphatic carbocycles. The summed E-state index contributed by atoms with van der Waals surface area (Å²) >= 11 is 11.9. The van der Waals surface area contributed by atoms with Crippen LogP contribution in [0.3, 0.4) is 0 Å². The lowest BCUT2D eigenvalue weighted by Gasteiger charge is -2.33. The van der Waals surface area contributed by atoms with Crippen LogP contribution in [0.2, 0.25) is 10.0 Å². The topological polar surface area (TPSA) is 47.6 Å². The van der Waals surface area contributed by atoms with Gasteiger partial charge in [-0.3, -0.25) is 0 Å². The molecule has 0 aromatic heterocycles. The van der Waals surface area contributed by atoms with Gasteiger partial charge in [-0.2, -0.15) is 0 Å². The van der Waals surface area contributed by atoms with Gasteiger partial charge in [0.05, 0.1) is 10.7 Å². The molecule has 1 aliphatic rings. The molecule has 1 heterocycles. The zero-order valence-electron chi connectivity index (χ0n) is 13.6. The van der Waals surface area contributed by atoms with Gasteiger partial charge < -0.3 is 20.4 Å². The van der Waals surface area contributed by atoms with E-state index in [0.29, 0.717) is 28.2 Å². The van der Waals surface area contributed by atoms with E-state index >= 15 is 0 Å². The molecule has 7 heteroatoms. The normalized spacial score (nSPS) is 17.7. The molecule has 0 unspecified atom stereocenters. The first-order valence-corrected chi connectivity index (χ1v) is 8.60. The van der Waals surface area contributed by atoms with Crippen LogP contribution < -0.4 is 10.6 Å². The number of urea groups is 1. The van der Waals surface area contributed by atoms with Crippen molar-refractivity contribution in [2.45, 2.75) is 6.92 Å². The van der Waals surface area contributed by atoms with Gasteiger partial charge in [0.15, 0.2) is 0 Å². The van der Waals surface area contributed by atoms with Gasteiger partial charge in [-0.25, -0.2) is 4.79 Å². The number of piperazine rings is 1. The number of carbonyl (C=O) groups is 1. The number of hydrogen-bond donors (Lipinski definition) is 2. The van der Waals surface area contributed by atoms with Crippen molar-refractivity contribution in [3.8, 4) is 0 Å². The highest BCUT2D eigenvalue weighted by molar-refractivity contribution is 6.35. The second kappa shape index (κ2) is 8.73. The van der Waals surface area contributed by atoms with Gasteiger partial charge in [-0.05, 0) is 31.2 Å². The Kier molecular flexibility index (Phi) is 6.96. The molecular weight excluding hydrogens is 335 g/mol. The van der Waals surface area contributed by atoms with E-state index in [1.54, 1.807) is 18.2 Å². The van der Waals surface area contributed by atoms with Crippen molar-refractivity contribution in [1.82, 2.24) is 15.1 Å². The van der Waals surface area contributed by atoms with Crippen molar-refractivity contribution in [3.63, 3.8) is 0 Å². The average Bonchev–Trinajstić information content (AvgIpc) is 2.51. The molecule has 1 aliphatic heterocycles. The number of anilines is 1. The maximum Gasteiger partial charge on any atom is 0.319 e. The van der Waals surface area contributed by atoms with E-state index in [4.69, 9.17) is 23.2 Å². The SMILES string of the molecule is C[C@@H](CNC(=O)Nc1cc(Cl)ccc1Cl)CN1CCN(C)CC1. The lowest BCUT2D eigenvalue weighted by Crippen LogP contribution is -2.47. The summed E-state index contributed by atoms with van der Waals surface area (Å²) < 4.78 is 0. The van der Waals surface area contributed by atoms with Crippen molar-refractivity contribution >= 4 is 34.9 Å². The molecule has 0 radical (unpaired) electrons. The highest BCUT2D eigenvalue weighted by Gasteiger charge is 2.16. The van der Waals surface area contributed by atoms with Gasteiger partial charge >= 0.3 is 6.03 Å². The Balaban J connectivity index is 1.72. The first kappa shape index (κ1) is 18.3. The summed E-state index contributed by atoms with van der Waals surface area (Å²) in [4.78, 5) is 16.7. The Hall–Kier alpha value is -1.01. The first-order chi connectivity index (χ1) is 10.9. The van der Waals surface area contributed by atoms with Gasteiger partial charge in [0.2, 0.25) is 0 Å². The molecule has 1 aromatic carbocycles. The van der Waals surface area contributed by atoms with Crippen LogP contribution in [0.1, 0.15) is 6.92 Å². The van der Waals surface area contributed by atoms with E-state index in [-0.39, 0.29) is 6.03 Å². The third-order valence-electron chi connectivity index (χ3n) is 3.95. The predicted octanol–water partition coefficient (Wildman–Crippen LogP) is 3.00. The van der Waals surface area contributed by atoms with Gasteiger partial charge in [0.1, 0.15) is 0 Å². The second-order valence-electron chi connectivity index (χ2n) is 6.17. The van der Waals surface area contributed by atoms with Gasteiger partial charge in [-0.15, -0.1) is 0 Å². The van der Waals surface area contributed by atoms with Crippen molar-refractivity contribution < 1.29 is 4.79 Å². The number of likely N-dealkylation sites (N-methyl/N-ethyl adjacent to an activating group) is 1. The maximum absolute atomic E-state index is 12.0. The lowest BCUT2D eigenvalue weighted by atomic mass is 10.1. The summed E-state index contributed by atoms with van der Waals surface area (Å²) in [6, 6.07) is 4.72. The molecule has 23 heavy (non-hydrogen) atoms. The number of carbonyl (C=O) groups excluding carboxylic acids is 1. The van der Waals surface area contributed by atoms with Crippen LogP contribution >= 0.6 is 23.2 Å². The number of amides is 2. The Morgan fingerprint density at radius 3 is 2.65 bits per heavy atom. The molecule has 5 nitrogen and oxygen atoms in total. The van der Waals surface area contributed by atoms with E-state index in [1.807, 2.05) is 0 Å². The van der Waals surface area contributed by atoms with Crippen molar-refractivity contribution in [2.75, 3.05) is 51.6 Å². The summed E-state index contributed by atoms with van der Waals surface area (Å²) in [5.74, 6) is 0.388. The van der Waals surface area contributed by atoms with Crippen LogP contribution in [0.25, 0.3) is 0 Å². The number of hydrogen-bond acceptors (Lipinski definition) is 3. The fourth-order valence-corrected chi connectivity index (χ4v) is 2.90. The molecule has 0 bridgehead atoms. The van der Waals surface area contributed by atoms with Gasteiger partial charge in [0, 0.05) is 44.3 Å². The average molecular weight is 359 g/mol. The van der Waals surface area contributed by atoms with E-state index in [2.05, 4.69) is 34.4 Å². The Bertz CT molecular complexity index is 533. The smallest absolute Gasteiger partial charge is 0.319 e. The van der Waals surface area contributed by atoms with Crippen LogP contribution in [0.4, 0.5) is 10.5 Å². The largest absolute Gasteiger partial charge is 0.338 e. The van der Waals surface area contributed by atoms with Gasteiger partial charge in [-0.1, -0.05) is 30.1 Å². The Morgan fingerprint density at radius 1 is 1.26 bits per heavy atom. The van der Waals surface area contributed by atoms with Crippen LogP contribution in [0.15, 0.2) is 18.2 Å². The van der Waals surface area contributed by atoms with Crippen LogP contribution in [0.5, 0.6) is 0 Å².